The fourth-order valence-electron chi connectivity index (χ4n) is 1.01. The van der Waals surface area contributed by atoms with Crippen molar-refractivity contribution in [3.05, 3.63) is 16.3 Å². The number of carbonyl (C=O) groups is 2. The minimum atomic E-state index is -4.49. The Kier molecular flexibility index (Phi) is 4.54. The maximum atomic E-state index is 11.8. The normalized spacial score (nSPS) is 10.9. The first-order chi connectivity index (χ1) is 8.33. The molecular weight excluding hydrogens is 273 g/mol. The molecule has 2 amide bonds. The molecule has 1 aromatic heterocycles. The highest BCUT2D eigenvalue weighted by Crippen LogP contribution is 2.23. The number of nitrogens with one attached hydrogen (secondary N) is 2. The van der Waals surface area contributed by atoms with Crippen molar-refractivity contribution in [1.29, 1.82) is 0 Å². The molecule has 0 aliphatic carbocycles. The molecule has 2 N–H and O–H groups in total. The van der Waals surface area contributed by atoms with Crippen molar-refractivity contribution in [3.63, 3.8) is 0 Å². The van der Waals surface area contributed by atoms with Crippen LogP contribution in [-0.4, -0.2) is 31.8 Å². The van der Waals surface area contributed by atoms with Crippen LogP contribution >= 0.6 is 11.3 Å². The van der Waals surface area contributed by atoms with Gasteiger partial charge in [-0.1, -0.05) is 0 Å². The highest BCUT2D eigenvalue weighted by Gasteiger charge is 2.28. The minimum Gasteiger partial charge on any atom is -0.465 e. The lowest BCUT2D eigenvalue weighted by Gasteiger charge is -2.09. The van der Waals surface area contributed by atoms with Gasteiger partial charge in [0, 0.05) is 0 Å². The monoisotopic (exact) mass is 282 g/mol. The van der Waals surface area contributed by atoms with E-state index in [0.717, 1.165) is 18.4 Å². The maximum absolute atomic E-state index is 11.8. The summed E-state index contributed by atoms with van der Waals surface area (Å²) in [5.74, 6) is -0.670. The fraction of sp³-hybridized carbons (Fsp3) is 0.333. The summed E-state index contributed by atoms with van der Waals surface area (Å²) in [6.07, 6.45) is -4.49. The molecule has 9 heteroatoms. The second-order valence-electron chi connectivity index (χ2n) is 3.08. The molecule has 5 nitrogen and oxygen atoms in total. The molecule has 0 radical (unpaired) electrons. The number of urea groups is 1. The number of ether oxygens (including phenoxy) is 1. The molecular formula is C9H9F3N2O3S. The lowest BCUT2D eigenvalue weighted by Crippen LogP contribution is -2.36. The van der Waals surface area contributed by atoms with Crippen LogP contribution in [0.25, 0.3) is 0 Å². The average Bonchev–Trinajstić information content (AvgIpc) is 2.72. The van der Waals surface area contributed by atoms with E-state index in [2.05, 4.69) is 10.1 Å². The average molecular weight is 282 g/mol. The van der Waals surface area contributed by atoms with Crippen molar-refractivity contribution >= 4 is 29.0 Å². The van der Waals surface area contributed by atoms with Gasteiger partial charge < -0.3 is 15.4 Å². The maximum Gasteiger partial charge on any atom is 0.405 e. The summed E-state index contributed by atoms with van der Waals surface area (Å²) in [7, 11) is 1.16. The Morgan fingerprint density at radius 1 is 1.44 bits per heavy atom. The number of amides is 2. The third-order valence-electron chi connectivity index (χ3n) is 1.73. The standard InChI is InChI=1S/C9H9F3N2O3S/c1-17-7(15)6-5(2-3-18-6)14-8(16)13-4-9(10,11)12/h2-3H,4H2,1H3,(H2,13,14,16). The van der Waals surface area contributed by atoms with Gasteiger partial charge >= 0.3 is 18.2 Å². The number of methoxy groups -OCH3 is 1. The molecule has 0 spiro atoms. The van der Waals surface area contributed by atoms with E-state index in [1.807, 2.05) is 0 Å². The van der Waals surface area contributed by atoms with Crippen LogP contribution in [-0.2, 0) is 4.74 Å². The van der Waals surface area contributed by atoms with Gasteiger partial charge in [-0.15, -0.1) is 11.3 Å². The van der Waals surface area contributed by atoms with E-state index in [0.29, 0.717) is 0 Å². The molecule has 0 unspecified atom stereocenters. The number of hydrogen-bond acceptors (Lipinski definition) is 4. The van der Waals surface area contributed by atoms with Crippen molar-refractivity contribution in [2.24, 2.45) is 0 Å². The summed E-state index contributed by atoms with van der Waals surface area (Å²) in [6.45, 7) is -1.45. The predicted molar refractivity (Wildman–Crippen MR) is 58.7 cm³/mol. The first-order valence-electron chi connectivity index (χ1n) is 4.61. The quantitative estimate of drug-likeness (QED) is 0.835. The van der Waals surface area contributed by atoms with E-state index in [-0.39, 0.29) is 10.6 Å². The Hall–Kier alpha value is -1.77. The number of thiophene rings is 1. The van der Waals surface area contributed by atoms with Gasteiger partial charge in [0.05, 0.1) is 12.8 Å². The number of carbonyl (C=O) groups excluding carboxylic acids is 2. The van der Waals surface area contributed by atoms with Gasteiger partial charge in [0.2, 0.25) is 0 Å². The molecule has 0 aliphatic rings. The first-order valence-corrected chi connectivity index (χ1v) is 5.49. The summed E-state index contributed by atoms with van der Waals surface area (Å²) in [4.78, 5) is 22.5. The number of rotatable bonds is 3. The van der Waals surface area contributed by atoms with Gasteiger partial charge in [0.1, 0.15) is 11.4 Å². The molecule has 0 aliphatic heterocycles. The molecule has 100 valence electrons. The summed E-state index contributed by atoms with van der Waals surface area (Å²) in [6, 6.07) is 0.347. The van der Waals surface area contributed by atoms with Crippen LogP contribution in [0, 0.1) is 0 Å². The van der Waals surface area contributed by atoms with Crippen molar-refractivity contribution < 1.29 is 27.5 Å². The van der Waals surface area contributed by atoms with Gasteiger partial charge in [0.15, 0.2) is 0 Å². The van der Waals surface area contributed by atoms with Crippen LogP contribution in [0.2, 0.25) is 0 Å². The molecule has 0 saturated heterocycles. The zero-order valence-electron chi connectivity index (χ0n) is 9.13. The lowest BCUT2D eigenvalue weighted by molar-refractivity contribution is -0.122. The molecule has 18 heavy (non-hydrogen) atoms. The third kappa shape index (κ3) is 4.24. The van der Waals surface area contributed by atoms with Gasteiger partial charge in [-0.2, -0.15) is 13.2 Å². The van der Waals surface area contributed by atoms with E-state index in [4.69, 9.17) is 0 Å². The largest absolute Gasteiger partial charge is 0.465 e. The smallest absolute Gasteiger partial charge is 0.405 e. The molecule has 0 saturated carbocycles. The van der Waals surface area contributed by atoms with E-state index in [1.165, 1.54) is 11.4 Å². The van der Waals surface area contributed by atoms with Crippen LogP contribution in [0.15, 0.2) is 11.4 Å². The van der Waals surface area contributed by atoms with Crippen molar-refractivity contribution in [2.75, 3.05) is 19.0 Å². The summed E-state index contributed by atoms with van der Waals surface area (Å²) in [5.41, 5.74) is 0.103. The summed E-state index contributed by atoms with van der Waals surface area (Å²) >= 11 is 1.01. The van der Waals surface area contributed by atoms with E-state index in [9.17, 15) is 22.8 Å². The van der Waals surface area contributed by atoms with Gasteiger partial charge in [-0.25, -0.2) is 9.59 Å². The Morgan fingerprint density at radius 3 is 2.67 bits per heavy atom. The second-order valence-corrected chi connectivity index (χ2v) is 3.99. The Morgan fingerprint density at radius 2 is 2.11 bits per heavy atom. The number of halogens is 3. The van der Waals surface area contributed by atoms with E-state index < -0.39 is 24.7 Å². The fourth-order valence-corrected chi connectivity index (χ4v) is 1.77. The van der Waals surface area contributed by atoms with Crippen LogP contribution in [0.5, 0.6) is 0 Å². The predicted octanol–water partition coefficient (Wildman–Crippen LogP) is 2.22. The minimum absolute atomic E-state index is 0.103. The number of esters is 1. The molecule has 0 atom stereocenters. The van der Waals surface area contributed by atoms with E-state index in [1.54, 1.807) is 5.32 Å². The Labute approximate surface area is 104 Å². The Balaban J connectivity index is 2.60. The summed E-state index contributed by atoms with van der Waals surface area (Å²) in [5, 5.41) is 5.27. The SMILES string of the molecule is COC(=O)c1sccc1NC(=O)NCC(F)(F)F. The highest BCUT2D eigenvalue weighted by atomic mass is 32.1. The third-order valence-corrected chi connectivity index (χ3v) is 2.63. The van der Waals surface area contributed by atoms with Crippen LogP contribution in [0.3, 0.4) is 0 Å². The zero-order chi connectivity index (χ0) is 13.8. The van der Waals surface area contributed by atoms with Crippen LogP contribution in [0.1, 0.15) is 9.67 Å². The second kappa shape index (κ2) is 5.71. The van der Waals surface area contributed by atoms with E-state index >= 15 is 0 Å². The number of hydrogen-bond donors (Lipinski definition) is 2. The lowest BCUT2D eigenvalue weighted by atomic mass is 10.4. The molecule has 0 aromatic carbocycles. The first kappa shape index (κ1) is 14.3. The topological polar surface area (TPSA) is 67.4 Å². The molecule has 1 aromatic rings. The highest BCUT2D eigenvalue weighted by molar-refractivity contribution is 7.12. The Bertz CT molecular complexity index is 445. The van der Waals surface area contributed by atoms with Crippen LogP contribution in [0.4, 0.5) is 23.7 Å². The van der Waals surface area contributed by atoms with Crippen molar-refractivity contribution in [1.82, 2.24) is 5.32 Å². The van der Waals surface area contributed by atoms with Crippen LogP contribution < -0.4 is 10.6 Å². The molecule has 0 fully saturated rings. The van der Waals surface area contributed by atoms with Gasteiger partial charge in [0.25, 0.3) is 0 Å². The van der Waals surface area contributed by atoms with Gasteiger partial charge in [-0.3, -0.25) is 0 Å². The molecule has 0 bridgehead atoms. The summed E-state index contributed by atoms with van der Waals surface area (Å²) < 4.78 is 40.0. The van der Waals surface area contributed by atoms with Gasteiger partial charge in [-0.05, 0) is 11.4 Å². The number of anilines is 1. The van der Waals surface area contributed by atoms with Crippen molar-refractivity contribution in [3.8, 4) is 0 Å². The van der Waals surface area contributed by atoms with Crippen molar-refractivity contribution in [2.45, 2.75) is 6.18 Å². The zero-order valence-corrected chi connectivity index (χ0v) is 9.95. The molecule has 1 rings (SSSR count). The molecule has 1 heterocycles. The number of alkyl halides is 3.